The van der Waals surface area contributed by atoms with Gasteiger partial charge in [0.2, 0.25) is 0 Å². The predicted octanol–water partition coefficient (Wildman–Crippen LogP) is 1.26. The van der Waals surface area contributed by atoms with Crippen molar-refractivity contribution in [1.29, 1.82) is 0 Å². The molecule has 0 spiro atoms. The van der Waals surface area contributed by atoms with Crippen LogP contribution in [0.25, 0.3) is 5.69 Å². The molecule has 3 aromatic rings. The van der Waals surface area contributed by atoms with Crippen LogP contribution in [0.2, 0.25) is 0 Å². The Labute approximate surface area is 167 Å². The van der Waals surface area contributed by atoms with E-state index in [1.807, 2.05) is 24.3 Å². The van der Waals surface area contributed by atoms with Crippen molar-refractivity contribution >= 4 is 21.4 Å². The Morgan fingerprint density at radius 1 is 1.17 bits per heavy atom. The molecule has 2 heterocycles. The lowest BCUT2D eigenvalue weighted by atomic mass is 10.2. The van der Waals surface area contributed by atoms with Crippen LogP contribution < -0.4 is 9.64 Å². The normalized spacial score (nSPS) is 17.7. The SMILES string of the molecule is O=C(COc1cccc(-n2cnnn2)c1)N(c1ccccc1)[C@@H]1CCS(=O)(=O)C1. The number of aromatic nitrogens is 4. The lowest BCUT2D eigenvalue weighted by Crippen LogP contribution is -2.43. The molecule has 0 radical (unpaired) electrons. The minimum Gasteiger partial charge on any atom is -0.484 e. The number of para-hydroxylation sites is 1. The average Bonchev–Trinajstić information content (AvgIpc) is 3.38. The van der Waals surface area contributed by atoms with Crippen LogP contribution in [0.5, 0.6) is 5.75 Å². The van der Waals surface area contributed by atoms with E-state index in [1.165, 1.54) is 15.9 Å². The fraction of sp³-hybridized carbons (Fsp3) is 0.263. The predicted molar refractivity (Wildman–Crippen MR) is 106 cm³/mol. The standard InChI is InChI=1S/C19H19N5O4S/c25-19(12-28-18-8-4-7-16(11-18)23-14-20-21-22-23)24(15-5-2-1-3-6-15)17-9-10-29(26,27)13-17/h1-8,11,14,17H,9-10,12-13H2/t17-/m1/s1. The van der Waals surface area contributed by atoms with Gasteiger partial charge in [-0.05, 0) is 41.1 Å². The molecular weight excluding hydrogens is 394 g/mol. The zero-order valence-electron chi connectivity index (χ0n) is 15.5. The van der Waals surface area contributed by atoms with Crippen LogP contribution in [0.1, 0.15) is 6.42 Å². The Morgan fingerprint density at radius 3 is 2.69 bits per heavy atom. The molecule has 1 aliphatic rings. The van der Waals surface area contributed by atoms with Crippen molar-refractivity contribution in [1.82, 2.24) is 20.2 Å². The number of sulfone groups is 1. The molecule has 2 aromatic carbocycles. The summed E-state index contributed by atoms with van der Waals surface area (Å²) < 4.78 is 31.1. The van der Waals surface area contributed by atoms with E-state index in [0.29, 0.717) is 23.5 Å². The van der Waals surface area contributed by atoms with E-state index >= 15 is 0 Å². The van der Waals surface area contributed by atoms with Gasteiger partial charge in [0, 0.05) is 11.8 Å². The summed E-state index contributed by atoms with van der Waals surface area (Å²) in [6.07, 6.45) is 1.87. The number of hydrogen-bond acceptors (Lipinski definition) is 7. The Kier molecular flexibility index (Phi) is 5.26. The van der Waals surface area contributed by atoms with Crippen LogP contribution in [0, 0.1) is 0 Å². The number of rotatable bonds is 6. The molecule has 1 aliphatic heterocycles. The maximum atomic E-state index is 13.0. The summed E-state index contributed by atoms with van der Waals surface area (Å²) in [5.41, 5.74) is 1.35. The number of carbonyl (C=O) groups is 1. The molecule has 1 saturated heterocycles. The molecule has 1 amide bonds. The number of amides is 1. The molecule has 150 valence electrons. The van der Waals surface area contributed by atoms with Crippen molar-refractivity contribution in [3.63, 3.8) is 0 Å². The van der Waals surface area contributed by atoms with Crippen molar-refractivity contribution < 1.29 is 17.9 Å². The molecule has 1 fully saturated rings. The van der Waals surface area contributed by atoms with Crippen molar-refractivity contribution in [2.75, 3.05) is 23.0 Å². The molecule has 1 atom stereocenters. The van der Waals surface area contributed by atoms with Gasteiger partial charge < -0.3 is 9.64 Å². The quantitative estimate of drug-likeness (QED) is 0.599. The van der Waals surface area contributed by atoms with Gasteiger partial charge >= 0.3 is 0 Å². The molecule has 9 nitrogen and oxygen atoms in total. The summed E-state index contributed by atoms with van der Waals surface area (Å²) in [5.74, 6) is 0.232. The largest absolute Gasteiger partial charge is 0.484 e. The summed E-state index contributed by atoms with van der Waals surface area (Å²) in [5, 5.41) is 11.0. The molecule has 4 rings (SSSR count). The number of tetrazole rings is 1. The van der Waals surface area contributed by atoms with Crippen LogP contribution in [-0.2, 0) is 14.6 Å². The van der Waals surface area contributed by atoms with E-state index in [4.69, 9.17) is 4.74 Å². The fourth-order valence-corrected chi connectivity index (χ4v) is 5.04. The molecule has 29 heavy (non-hydrogen) atoms. The number of carbonyl (C=O) groups excluding carboxylic acids is 1. The molecule has 0 aliphatic carbocycles. The Balaban J connectivity index is 1.51. The lowest BCUT2D eigenvalue weighted by Gasteiger charge is -2.28. The smallest absolute Gasteiger partial charge is 0.265 e. The van der Waals surface area contributed by atoms with Gasteiger partial charge in [0.05, 0.1) is 23.2 Å². The van der Waals surface area contributed by atoms with Gasteiger partial charge in [0.1, 0.15) is 12.1 Å². The Bertz CT molecular complexity index is 1090. The number of benzene rings is 2. The third-order valence-corrected chi connectivity index (χ3v) is 6.42. The third-order valence-electron chi connectivity index (χ3n) is 4.67. The fourth-order valence-electron chi connectivity index (χ4n) is 3.34. The summed E-state index contributed by atoms with van der Waals surface area (Å²) >= 11 is 0. The van der Waals surface area contributed by atoms with Crippen LogP contribution in [0.4, 0.5) is 5.69 Å². The van der Waals surface area contributed by atoms with Crippen LogP contribution in [0.3, 0.4) is 0 Å². The van der Waals surface area contributed by atoms with Crippen molar-refractivity contribution in [3.05, 3.63) is 60.9 Å². The van der Waals surface area contributed by atoms with Crippen molar-refractivity contribution in [2.45, 2.75) is 12.5 Å². The second-order valence-corrected chi connectivity index (χ2v) is 8.93. The Morgan fingerprint density at radius 2 is 2.00 bits per heavy atom. The monoisotopic (exact) mass is 413 g/mol. The summed E-state index contributed by atoms with van der Waals surface area (Å²) in [6, 6.07) is 15.7. The van der Waals surface area contributed by atoms with Gasteiger partial charge in [0.25, 0.3) is 5.91 Å². The molecule has 0 N–H and O–H groups in total. The van der Waals surface area contributed by atoms with Gasteiger partial charge in [-0.3, -0.25) is 4.79 Å². The number of hydrogen-bond donors (Lipinski definition) is 0. The van der Waals surface area contributed by atoms with Gasteiger partial charge in [-0.25, -0.2) is 13.1 Å². The van der Waals surface area contributed by atoms with Crippen LogP contribution in [-0.4, -0.2) is 58.7 Å². The molecular formula is C19H19N5O4S. The number of nitrogens with zero attached hydrogens (tertiary/aromatic N) is 5. The molecule has 0 saturated carbocycles. The number of anilines is 1. The summed E-state index contributed by atoms with van der Waals surface area (Å²) in [6.45, 7) is -0.218. The second kappa shape index (κ2) is 8.00. The first-order chi connectivity index (χ1) is 14.0. The molecule has 0 bridgehead atoms. The van der Waals surface area contributed by atoms with E-state index in [1.54, 1.807) is 30.3 Å². The van der Waals surface area contributed by atoms with Crippen molar-refractivity contribution in [3.8, 4) is 11.4 Å². The van der Waals surface area contributed by atoms with Crippen LogP contribution >= 0.6 is 0 Å². The molecule has 10 heteroatoms. The zero-order chi connectivity index (χ0) is 20.3. The first kappa shape index (κ1) is 19.1. The van der Waals surface area contributed by atoms with Gasteiger partial charge in [-0.1, -0.05) is 24.3 Å². The average molecular weight is 413 g/mol. The van der Waals surface area contributed by atoms with Crippen molar-refractivity contribution in [2.24, 2.45) is 0 Å². The summed E-state index contributed by atoms with van der Waals surface area (Å²) in [4.78, 5) is 14.5. The number of ether oxygens (including phenoxy) is 1. The lowest BCUT2D eigenvalue weighted by molar-refractivity contribution is -0.121. The second-order valence-electron chi connectivity index (χ2n) is 6.70. The van der Waals surface area contributed by atoms with Gasteiger partial charge in [-0.2, -0.15) is 0 Å². The first-order valence-corrected chi connectivity index (χ1v) is 10.9. The van der Waals surface area contributed by atoms with E-state index < -0.39 is 15.9 Å². The van der Waals surface area contributed by atoms with Gasteiger partial charge in [-0.15, -0.1) is 5.10 Å². The Hall–Kier alpha value is -3.27. The molecule has 0 unspecified atom stereocenters. The minimum absolute atomic E-state index is 0.0393. The minimum atomic E-state index is -3.14. The van der Waals surface area contributed by atoms with Gasteiger partial charge in [0.15, 0.2) is 16.4 Å². The maximum absolute atomic E-state index is 13.0. The van der Waals surface area contributed by atoms with Crippen LogP contribution in [0.15, 0.2) is 60.9 Å². The first-order valence-electron chi connectivity index (χ1n) is 9.06. The highest BCUT2D eigenvalue weighted by atomic mass is 32.2. The summed E-state index contributed by atoms with van der Waals surface area (Å²) in [7, 11) is -3.14. The maximum Gasteiger partial charge on any atom is 0.265 e. The topological polar surface area (TPSA) is 107 Å². The highest BCUT2D eigenvalue weighted by Gasteiger charge is 2.35. The van der Waals surface area contributed by atoms with E-state index in [9.17, 15) is 13.2 Å². The highest BCUT2D eigenvalue weighted by Crippen LogP contribution is 2.25. The zero-order valence-corrected chi connectivity index (χ0v) is 16.3. The van der Waals surface area contributed by atoms with E-state index in [0.717, 1.165) is 0 Å². The van der Waals surface area contributed by atoms with E-state index in [-0.39, 0.29) is 24.0 Å². The highest BCUT2D eigenvalue weighted by molar-refractivity contribution is 7.91. The molecule has 1 aromatic heterocycles. The van der Waals surface area contributed by atoms with E-state index in [2.05, 4.69) is 15.5 Å². The third kappa shape index (κ3) is 4.43.